The highest BCUT2D eigenvalue weighted by Crippen LogP contribution is 2.12. The lowest BCUT2D eigenvalue weighted by atomic mass is 10.1. The lowest BCUT2D eigenvalue weighted by Gasteiger charge is -2.18. The summed E-state index contributed by atoms with van der Waals surface area (Å²) in [5.41, 5.74) is 0. The third kappa shape index (κ3) is 41.8. The summed E-state index contributed by atoms with van der Waals surface area (Å²) >= 11 is 0. The zero-order chi connectivity index (χ0) is 39.3. The summed E-state index contributed by atoms with van der Waals surface area (Å²) in [5, 5.41) is 0. The van der Waals surface area contributed by atoms with Crippen LogP contribution in [0.3, 0.4) is 0 Å². The molecule has 0 aromatic carbocycles. The Morgan fingerprint density at radius 1 is 0.426 bits per heavy atom. The fourth-order valence-electron chi connectivity index (χ4n) is 5.62. The summed E-state index contributed by atoms with van der Waals surface area (Å²) in [6.45, 7) is 7.47. The minimum Gasteiger partial charge on any atom is -0.462 e. The fraction of sp³-hybridized carbons (Fsp3) is 0.673. The van der Waals surface area contributed by atoms with E-state index in [-0.39, 0.29) is 25.2 Å². The van der Waals surface area contributed by atoms with Gasteiger partial charge >= 0.3 is 11.9 Å². The van der Waals surface area contributed by atoms with Gasteiger partial charge in [0.15, 0.2) is 6.10 Å². The van der Waals surface area contributed by atoms with Crippen molar-refractivity contribution in [2.75, 3.05) is 19.8 Å². The number of ether oxygens (including phenoxy) is 3. The molecule has 1 unspecified atom stereocenters. The van der Waals surface area contributed by atoms with Crippen molar-refractivity contribution in [1.82, 2.24) is 0 Å². The van der Waals surface area contributed by atoms with Gasteiger partial charge < -0.3 is 14.2 Å². The van der Waals surface area contributed by atoms with Crippen LogP contribution in [0, 0.1) is 0 Å². The molecule has 0 aromatic rings. The van der Waals surface area contributed by atoms with Gasteiger partial charge in [0.05, 0.1) is 6.61 Å². The summed E-state index contributed by atoms with van der Waals surface area (Å²) in [5.74, 6) is -0.453. The smallest absolute Gasteiger partial charge is 0.306 e. The minimum absolute atomic E-state index is 0.0547. The summed E-state index contributed by atoms with van der Waals surface area (Å²) in [6.07, 6.45) is 57.5. The van der Waals surface area contributed by atoms with E-state index in [4.69, 9.17) is 14.2 Å². The van der Waals surface area contributed by atoms with Crippen LogP contribution in [-0.4, -0.2) is 37.9 Å². The molecule has 0 saturated carbocycles. The monoisotopic (exact) mass is 751 g/mol. The average molecular weight is 751 g/mol. The molecule has 0 heterocycles. The van der Waals surface area contributed by atoms with E-state index in [1.807, 2.05) is 0 Å². The zero-order valence-corrected chi connectivity index (χ0v) is 35.2. The van der Waals surface area contributed by atoms with Gasteiger partial charge in [-0.2, -0.15) is 0 Å². The predicted molar refractivity (Wildman–Crippen MR) is 233 cm³/mol. The quantitative estimate of drug-likeness (QED) is 0.0356. The molecule has 0 rings (SSSR count). The second kappa shape index (κ2) is 44.5. The van der Waals surface area contributed by atoms with Gasteiger partial charge in [0.25, 0.3) is 0 Å². The highest BCUT2D eigenvalue weighted by molar-refractivity contribution is 5.70. The van der Waals surface area contributed by atoms with E-state index in [1.165, 1.54) is 57.8 Å². The van der Waals surface area contributed by atoms with Crippen LogP contribution in [-0.2, 0) is 23.8 Å². The minimum atomic E-state index is -0.567. The number of carbonyl (C=O) groups is 2. The van der Waals surface area contributed by atoms with Crippen LogP contribution in [0.5, 0.6) is 0 Å². The Balaban J connectivity index is 4.28. The van der Waals surface area contributed by atoms with E-state index in [2.05, 4.69) is 106 Å². The fourth-order valence-corrected chi connectivity index (χ4v) is 5.62. The lowest BCUT2D eigenvalue weighted by Crippen LogP contribution is -2.30. The van der Waals surface area contributed by atoms with Crippen LogP contribution in [0.4, 0.5) is 0 Å². The van der Waals surface area contributed by atoms with Gasteiger partial charge in [0.1, 0.15) is 6.61 Å². The van der Waals surface area contributed by atoms with Crippen molar-refractivity contribution in [3.05, 3.63) is 85.1 Å². The third-order valence-corrected chi connectivity index (χ3v) is 8.92. The molecule has 5 heteroatoms. The SMILES string of the molecule is CC/C=C\C/C=C\C/C=C\C/C=C\C/C=C\C/C=C\CCCOCC(COC(=O)CCCCCCC/C=C\CCCC)OC(=O)CCCCCCCCC. The molecule has 1 atom stereocenters. The molecule has 0 radical (unpaired) electrons. The molecule has 54 heavy (non-hydrogen) atoms. The molecular weight excluding hydrogens is 669 g/mol. The molecule has 0 aliphatic carbocycles. The van der Waals surface area contributed by atoms with Gasteiger partial charge in [0, 0.05) is 19.4 Å². The van der Waals surface area contributed by atoms with Gasteiger partial charge in [-0.25, -0.2) is 0 Å². The summed E-state index contributed by atoms with van der Waals surface area (Å²) in [7, 11) is 0. The molecule has 0 aliphatic rings. The van der Waals surface area contributed by atoms with Crippen molar-refractivity contribution in [3.8, 4) is 0 Å². The second-order valence-electron chi connectivity index (χ2n) is 14.2. The number of esters is 2. The standard InChI is InChI=1S/C49H82O5/c1-4-7-10-13-16-18-20-21-22-23-24-25-26-27-28-30-32-35-38-41-44-52-45-47(54-49(51)43-40-37-33-15-12-9-6-3)46-53-48(50)42-39-36-34-31-29-19-17-14-11-8-5-2/h7,10,14,16-18,21-22,24-25,27-28,32,35,47H,4-6,8-9,11-13,15,19-20,23,26,29-31,33-34,36-46H2,1-3H3/b10-7-,17-14-,18-16-,22-21-,25-24-,28-27-,35-32-. The molecule has 0 aliphatic heterocycles. The van der Waals surface area contributed by atoms with Crippen LogP contribution in [0.15, 0.2) is 85.1 Å². The maximum Gasteiger partial charge on any atom is 0.306 e. The van der Waals surface area contributed by atoms with E-state index in [1.54, 1.807) is 0 Å². The number of unbranched alkanes of at least 4 members (excludes halogenated alkanes) is 14. The van der Waals surface area contributed by atoms with E-state index < -0.39 is 6.10 Å². The van der Waals surface area contributed by atoms with Crippen molar-refractivity contribution in [1.29, 1.82) is 0 Å². The van der Waals surface area contributed by atoms with Crippen LogP contribution in [0.2, 0.25) is 0 Å². The maximum absolute atomic E-state index is 12.6. The molecule has 0 amide bonds. The number of hydrogen-bond acceptors (Lipinski definition) is 5. The summed E-state index contributed by atoms with van der Waals surface area (Å²) in [6, 6.07) is 0. The molecular formula is C49H82O5. The first-order valence-corrected chi connectivity index (χ1v) is 22.1. The number of rotatable bonds is 39. The first-order valence-electron chi connectivity index (χ1n) is 22.1. The highest BCUT2D eigenvalue weighted by atomic mass is 16.6. The molecule has 0 spiro atoms. The van der Waals surface area contributed by atoms with Crippen molar-refractivity contribution in [2.45, 2.75) is 194 Å². The molecule has 308 valence electrons. The number of allylic oxidation sites excluding steroid dienone is 14. The topological polar surface area (TPSA) is 61.8 Å². The third-order valence-electron chi connectivity index (χ3n) is 8.92. The van der Waals surface area contributed by atoms with Crippen molar-refractivity contribution in [3.63, 3.8) is 0 Å². The van der Waals surface area contributed by atoms with Gasteiger partial charge in [-0.05, 0) is 83.5 Å². The first-order chi connectivity index (χ1) is 26.6. The largest absolute Gasteiger partial charge is 0.462 e. The highest BCUT2D eigenvalue weighted by Gasteiger charge is 2.17. The van der Waals surface area contributed by atoms with Gasteiger partial charge in [-0.3, -0.25) is 9.59 Å². The molecule has 0 N–H and O–H groups in total. The van der Waals surface area contributed by atoms with Crippen molar-refractivity contribution >= 4 is 11.9 Å². The predicted octanol–water partition coefficient (Wildman–Crippen LogP) is 14.6. The van der Waals surface area contributed by atoms with Gasteiger partial charge in [0.2, 0.25) is 0 Å². The summed E-state index contributed by atoms with van der Waals surface area (Å²) < 4.78 is 17.1. The second-order valence-corrected chi connectivity index (χ2v) is 14.2. The Kier molecular flexibility index (Phi) is 42.1. The van der Waals surface area contributed by atoms with Gasteiger partial charge in [-0.1, -0.05) is 176 Å². The molecule has 5 nitrogen and oxygen atoms in total. The van der Waals surface area contributed by atoms with E-state index in [0.29, 0.717) is 19.4 Å². The lowest BCUT2D eigenvalue weighted by molar-refractivity contribution is -0.163. The Hall–Kier alpha value is -2.92. The maximum atomic E-state index is 12.6. The number of hydrogen-bond donors (Lipinski definition) is 0. The molecule has 0 bridgehead atoms. The normalized spacial score (nSPS) is 13.0. The average Bonchev–Trinajstić information content (AvgIpc) is 3.17. The van der Waals surface area contributed by atoms with Crippen LogP contribution < -0.4 is 0 Å². The van der Waals surface area contributed by atoms with Gasteiger partial charge in [-0.15, -0.1) is 0 Å². The molecule has 0 aromatic heterocycles. The summed E-state index contributed by atoms with van der Waals surface area (Å²) in [4.78, 5) is 25.0. The Morgan fingerprint density at radius 2 is 0.852 bits per heavy atom. The Labute approximate surface area is 333 Å². The Bertz CT molecular complexity index is 1030. The first kappa shape index (κ1) is 51.1. The molecule has 0 fully saturated rings. The van der Waals surface area contributed by atoms with Crippen LogP contribution in [0.25, 0.3) is 0 Å². The van der Waals surface area contributed by atoms with Crippen molar-refractivity contribution in [2.24, 2.45) is 0 Å². The number of carbonyl (C=O) groups excluding carboxylic acids is 2. The van der Waals surface area contributed by atoms with E-state index in [9.17, 15) is 9.59 Å². The zero-order valence-electron chi connectivity index (χ0n) is 35.2. The Morgan fingerprint density at radius 3 is 1.41 bits per heavy atom. The van der Waals surface area contributed by atoms with Crippen LogP contribution in [0.1, 0.15) is 188 Å². The van der Waals surface area contributed by atoms with Crippen molar-refractivity contribution < 1.29 is 23.8 Å². The van der Waals surface area contributed by atoms with E-state index >= 15 is 0 Å². The van der Waals surface area contributed by atoms with E-state index in [0.717, 1.165) is 96.3 Å². The van der Waals surface area contributed by atoms with Crippen LogP contribution >= 0.6 is 0 Å². The molecule has 0 saturated heterocycles.